The van der Waals surface area contributed by atoms with Gasteiger partial charge in [-0.2, -0.15) is 0 Å². The number of hydrogen-bond acceptors (Lipinski definition) is 5. The van der Waals surface area contributed by atoms with Crippen LogP contribution in [-0.4, -0.2) is 46.9 Å². The van der Waals surface area contributed by atoms with E-state index >= 15 is 0 Å². The van der Waals surface area contributed by atoms with Gasteiger partial charge in [0.15, 0.2) is 0 Å². The van der Waals surface area contributed by atoms with Crippen molar-refractivity contribution in [2.45, 2.75) is 91.5 Å². The van der Waals surface area contributed by atoms with E-state index in [0.717, 1.165) is 28.7 Å². The largest absolute Gasteiger partial charge is 0.444 e. The number of nitrogens with one attached hydrogen (secondary N) is 2. The van der Waals surface area contributed by atoms with Gasteiger partial charge >= 0.3 is 6.09 Å². The van der Waals surface area contributed by atoms with E-state index < -0.39 is 35.6 Å². The van der Waals surface area contributed by atoms with Gasteiger partial charge in [0.1, 0.15) is 17.7 Å². The smallest absolute Gasteiger partial charge is 0.408 e. The second kappa shape index (κ2) is 15.1. The quantitative estimate of drug-likeness (QED) is 0.338. The SMILES string of the molecule is CCCCN(C(=O)C(CCC(N)=O)NC(=O)OC(C)(C)C)C(C(=O)NCc1ccccc1)c1c(C)cccc1C. The summed E-state index contributed by atoms with van der Waals surface area (Å²) < 4.78 is 5.39. The van der Waals surface area contributed by atoms with Gasteiger partial charge in [0.2, 0.25) is 17.7 Å². The van der Waals surface area contributed by atoms with E-state index in [1.54, 1.807) is 20.8 Å². The molecule has 0 aliphatic rings. The molecule has 4 N–H and O–H groups in total. The third kappa shape index (κ3) is 10.0. The number of ether oxygens (including phenoxy) is 1. The molecule has 0 heterocycles. The number of nitrogens with zero attached hydrogens (tertiary/aromatic N) is 1. The van der Waals surface area contributed by atoms with Crippen LogP contribution >= 0.6 is 0 Å². The zero-order valence-corrected chi connectivity index (χ0v) is 24.6. The summed E-state index contributed by atoms with van der Waals surface area (Å²) in [6, 6.07) is 13.2. The van der Waals surface area contributed by atoms with E-state index in [1.807, 2.05) is 69.3 Å². The Balaban J connectivity index is 2.53. The molecule has 2 rings (SSSR count). The first-order chi connectivity index (χ1) is 18.8. The van der Waals surface area contributed by atoms with Crippen molar-refractivity contribution in [1.29, 1.82) is 0 Å². The lowest BCUT2D eigenvalue weighted by molar-refractivity contribution is -0.143. The number of unbranched alkanes of at least 4 members (excludes halogenated alkanes) is 1. The number of alkyl carbamates (subject to hydrolysis) is 1. The highest BCUT2D eigenvalue weighted by Crippen LogP contribution is 2.29. The van der Waals surface area contributed by atoms with Gasteiger partial charge < -0.3 is 26.0 Å². The molecule has 9 nitrogen and oxygen atoms in total. The number of primary amides is 1. The monoisotopic (exact) mass is 552 g/mol. The molecule has 9 heteroatoms. The molecule has 40 heavy (non-hydrogen) atoms. The van der Waals surface area contributed by atoms with Crippen LogP contribution in [0, 0.1) is 13.8 Å². The molecule has 2 atom stereocenters. The predicted octanol–water partition coefficient (Wildman–Crippen LogP) is 4.45. The number of nitrogens with two attached hydrogens (primary N) is 1. The van der Waals surface area contributed by atoms with E-state index in [9.17, 15) is 19.2 Å². The molecule has 0 aromatic heterocycles. The average molecular weight is 553 g/mol. The minimum absolute atomic E-state index is 0.0266. The second-order valence-electron chi connectivity index (χ2n) is 11.0. The Hall–Kier alpha value is -3.88. The van der Waals surface area contributed by atoms with E-state index in [2.05, 4.69) is 10.6 Å². The summed E-state index contributed by atoms with van der Waals surface area (Å²) >= 11 is 0. The molecule has 0 aliphatic carbocycles. The molecule has 0 aliphatic heterocycles. The molecule has 218 valence electrons. The number of aryl methyl sites for hydroxylation is 2. The molecule has 0 spiro atoms. The highest BCUT2D eigenvalue weighted by Gasteiger charge is 2.37. The van der Waals surface area contributed by atoms with Crippen LogP contribution in [0.15, 0.2) is 48.5 Å². The molecular formula is C31H44N4O5. The van der Waals surface area contributed by atoms with Crippen LogP contribution < -0.4 is 16.4 Å². The highest BCUT2D eigenvalue weighted by atomic mass is 16.6. The second-order valence-corrected chi connectivity index (χ2v) is 11.0. The first-order valence-corrected chi connectivity index (χ1v) is 13.8. The molecule has 0 saturated carbocycles. The van der Waals surface area contributed by atoms with Crippen LogP contribution in [0.3, 0.4) is 0 Å². The van der Waals surface area contributed by atoms with E-state index in [4.69, 9.17) is 10.5 Å². The van der Waals surface area contributed by atoms with Gasteiger partial charge in [-0.3, -0.25) is 14.4 Å². The van der Waals surface area contributed by atoms with Crippen LogP contribution in [0.4, 0.5) is 4.79 Å². The molecule has 0 radical (unpaired) electrons. The van der Waals surface area contributed by atoms with Crippen molar-refractivity contribution in [3.63, 3.8) is 0 Å². The Bertz CT molecular complexity index is 1140. The van der Waals surface area contributed by atoms with Crippen molar-refractivity contribution in [1.82, 2.24) is 15.5 Å². The van der Waals surface area contributed by atoms with Gasteiger partial charge in [-0.1, -0.05) is 61.9 Å². The van der Waals surface area contributed by atoms with Gasteiger partial charge in [-0.25, -0.2) is 4.79 Å². The molecule has 2 unspecified atom stereocenters. The Morgan fingerprint density at radius 2 is 1.60 bits per heavy atom. The Kier molecular flexibility index (Phi) is 12.2. The minimum Gasteiger partial charge on any atom is -0.444 e. The van der Waals surface area contributed by atoms with Crippen molar-refractivity contribution in [2.24, 2.45) is 5.73 Å². The topological polar surface area (TPSA) is 131 Å². The van der Waals surface area contributed by atoms with Gasteiger partial charge in [-0.05, 0) is 69.7 Å². The molecule has 0 bridgehead atoms. The maximum Gasteiger partial charge on any atom is 0.408 e. The zero-order valence-electron chi connectivity index (χ0n) is 24.6. The Morgan fingerprint density at radius 3 is 2.15 bits per heavy atom. The van der Waals surface area contributed by atoms with Crippen molar-refractivity contribution in [3.8, 4) is 0 Å². The first kappa shape index (κ1) is 32.3. The zero-order chi connectivity index (χ0) is 29.9. The fraction of sp³-hybridized carbons (Fsp3) is 0.484. The van der Waals surface area contributed by atoms with Crippen molar-refractivity contribution in [3.05, 3.63) is 70.8 Å². The summed E-state index contributed by atoms with van der Waals surface area (Å²) in [6.45, 7) is 11.5. The summed E-state index contributed by atoms with van der Waals surface area (Å²) in [5, 5.41) is 5.63. The molecule has 0 fully saturated rings. The summed E-state index contributed by atoms with van der Waals surface area (Å²) in [7, 11) is 0. The molecular weight excluding hydrogens is 508 g/mol. The lowest BCUT2D eigenvalue weighted by Crippen LogP contribution is -2.53. The molecule has 2 aromatic carbocycles. The lowest BCUT2D eigenvalue weighted by Gasteiger charge is -2.35. The number of carbonyl (C=O) groups is 4. The number of benzene rings is 2. The third-order valence-corrected chi connectivity index (χ3v) is 6.39. The van der Waals surface area contributed by atoms with Crippen LogP contribution in [0.1, 0.15) is 81.7 Å². The first-order valence-electron chi connectivity index (χ1n) is 13.8. The minimum atomic E-state index is -1.12. The summed E-state index contributed by atoms with van der Waals surface area (Å²) in [4.78, 5) is 54.0. The fourth-order valence-electron chi connectivity index (χ4n) is 4.46. The lowest BCUT2D eigenvalue weighted by atomic mass is 9.93. The number of rotatable bonds is 13. The molecule has 0 saturated heterocycles. The summed E-state index contributed by atoms with van der Waals surface area (Å²) in [6.07, 6.45) is 0.473. The number of hydrogen-bond donors (Lipinski definition) is 3. The van der Waals surface area contributed by atoms with E-state index in [0.29, 0.717) is 6.42 Å². The average Bonchev–Trinajstić information content (AvgIpc) is 2.87. The van der Waals surface area contributed by atoms with Crippen molar-refractivity contribution < 1.29 is 23.9 Å². The Labute approximate surface area is 237 Å². The standard InChI is InChI=1S/C31H44N4O5/c1-7-8-19-35(29(38)24(17-18-25(32)36)34-30(39)40-31(4,5)6)27(26-21(2)13-12-14-22(26)3)28(37)33-20-23-15-10-9-11-16-23/h9-16,24,27H,7-8,17-20H2,1-6H3,(H2,32,36)(H,33,37)(H,34,39). The summed E-state index contributed by atoms with van der Waals surface area (Å²) in [5.74, 6) is -1.42. The summed E-state index contributed by atoms with van der Waals surface area (Å²) in [5.41, 5.74) is 7.98. The van der Waals surface area contributed by atoms with Crippen molar-refractivity contribution in [2.75, 3.05) is 6.54 Å². The normalized spacial score (nSPS) is 12.7. The number of carbonyl (C=O) groups excluding carboxylic acids is 4. The fourth-order valence-corrected chi connectivity index (χ4v) is 4.46. The van der Waals surface area contributed by atoms with E-state index in [1.165, 1.54) is 4.90 Å². The number of amides is 4. The van der Waals surface area contributed by atoms with Crippen LogP contribution in [0.2, 0.25) is 0 Å². The highest BCUT2D eigenvalue weighted by molar-refractivity contribution is 5.93. The third-order valence-electron chi connectivity index (χ3n) is 6.39. The van der Waals surface area contributed by atoms with Crippen LogP contribution in [0.25, 0.3) is 0 Å². The van der Waals surface area contributed by atoms with Gasteiger partial charge in [0.25, 0.3) is 0 Å². The van der Waals surface area contributed by atoms with Crippen LogP contribution in [-0.2, 0) is 25.7 Å². The molecule has 4 amide bonds. The van der Waals surface area contributed by atoms with Gasteiger partial charge in [0.05, 0.1) is 0 Å². The van der Waals surface area contributed by atoms with E-state index in [-0.39, 0.29) is 31.8 Å². The molecule has 2 aromatic rings. The van der Waals surface area contributed by atoms with Crippen molar-refractivity contribution >= 4 is 23.8 Å². The Morgan fingerprint density at radius 1 is 0.975 bits per heavy atom. The predicted molar refractivity (Wildman–Crippen MR) is 155 cm³/mol. The van der Waals surface area contributed by atoms with Gasteiger partial charge in [0, 0.05) is 19.5 Å². The van der Waals surface area contributed by atoms with Gasteiger partial charge in [-0.15, -0.1) is 0 Å². The maximum absolute atomic E-state index is 14.2. The van der Waals surface area contributed by atoms with Crippen LogP contribution in [0.5, 0.6) is 0 Å². The maximum atomic E-state index is 14.2.